The number of piperidine rings is 1. The SMILES string of the molecule is O=C(N[C@@H](c1ccc(Cl)cc1)c1ccccn1)C1CCN(CCOc2ccccc2)CC1. The molecule has 0 saturated carbocycles. The Kier molecular flexibility index (Phi) is 7.75. The fraction of sp³-hybridized carbons (Fsp3) is 0.308. The molecule has 32 heavy (non-hydrogen) atoms. The quantitative estimate of drug-likeness (QED) is 0.540. The van der Waals surface area contributed by atoms with Crippen LogP contribution in [0.1, 0.15) is 30.1 Å². The number of carbonyl (C=O) groups excluding carboxylic acids is 1. The molecule has 1 amide bonds. The van der Waals surface area contributed by atoms with Crippen LogP contribution in [0.25, 0.3) is 0 Å². The zero-order chi connectivity index (χ0) is 22.2. The molecule has 1 aliphatic rings. The first-order chi connectivity index (χ1) is 15.7. The summed E-state index contributed by atoms with van der Waals surface area (Å²) in [5.74, 6) is 0.972. The molecular formula is C26H28ClN3O2. The summed E-state index contributed by atoms with van der Waals surface area (Å²) in [5, 5.41) is 3.90. The molecule has 0 aliphatic carbocycles. The Morgan fingerprint density at radius 1 is 1.03 bits per heavy atom. The molecule has 0 bridgehead atoms. The van der Waals surface area contributed by atoms with Crippen LogP contribution in [0.5, 0.6) is 5.75 Å². The molecular weight excluding hydrogens is 422 g/mol. The lowest BCUT2D eigenvalue weighted by molar-refractivity contribution is -0.127. The van der Waals surface area contributed by atoms with Crippen molar-refractivity contribution in [1.82, 2.24) is 15.2 Å². The van der Waals surface area contributed by atoms with Crippen LogP contribution in [-0.2, 0) is 4.79 Å². The largest absolute Gasteiger partial charge is 0.492 e. The van der Waals surface area contributed by atoms with Gasteiger partial charge in [0, 0.05) is 23.7 Å². The van der Waals surface area contributed by atoms with Gasteiger partial charge in [-0.05, 0) is 67.9 Å². The molecule has 4 rings (SSSR count). The first kappa shape index (κ1) is 22.3. The summed E-state index contributed by atoms with van der Waals surface area (Å²) in [4.78, 5) is 20.0. The van der Waals surface area contributed by atoms with Crippen LogP contribution in [0.15, 0.2) is 79.0 Å². The topological polar surface area (TPSA) is 54.5 Å². The number of ether oxygens (including phenoxy) is 1. The van der Waals surface area contributed by atoms with Crippen LogP contribution in [0, 0.1) is 5.92 Å². The minimum Gasteiger partial charge on any atom is -0.492 e. The predicted octanol–water partition coefficient (Wildman–Crippen LogP) is 4.73. The van der Waals surface area contributed by atoms with Crippen molar-refractivity contribution in [3.05, 3.63) is 95.3 Å². The van der Waals surface area contributed by atoms with Gasteiger partial charge in [0.05, 0.1) is 11.7 Å². The summed E-state index contributed by atoms with van der Waals surface area (Å²) < 4.78 is 5.80. The van der Waals surface area contributed by atoms with Crippen molar-refractivity contribution in [3.8, 4) is 5.75 Å². The third kappa shape index (κ3) is 6.09. The number of para-hydroxylation sites is 1. The number of hydrogen-bond acceptors (Lipinski definition) is 4. The van der Waals surface area contributed by atoms with Crippen molar-refractivity contribution in [2.24, 2.45) is 5.92 Å². The number of likely N-dealkylation sites (tertiary alicyclic amines) is 1. The van der Waals surface area contributed by atoms with Crippen LogP contribution < -0.4 is 10.1 Å². The summed E-state index contributed by atoms with van der Waals surface area (Å²) in [6.07, 6.45) is 3.43. The van der Waals surface area contributed by atoms with E-state index in [9.17, 15) is 4.79 Å². The molecule has 166 valence electrons. The van der Waals surface area contributed by atoms with Crippen molar-refractivity contribution in [1.29, 1.82) is 0 Å². The van der Waals surface area contributed by atoms with E-state index < -0.39 is 0 Å². The summed E-state index contributed by atoms with van der Waals surface area (Å²) in [6, 6.07) is 22.9. The average molecular weight is 450 g/mol. The highest BCUT2D eigenvalue weighted by atomic mass is 35.5. The number of nitrogens with zero attached hydrogens (tertiary/aromatic N) is 2. The van der Waals surface area contributed by atoms with E-state index in [1.807, 2.05) is 72.8 Å². The molecule has 3 aromatic rings. The Labute approximate surface area is 194 Å². The van der Waals surface area contributed by atoms with Crippen LogP contribution in [0.4, 0.5) is 0 Å². The molecule has 1 saturated heterocycles. The zero-order valence-electron chi connectivity index (χ0n) is 18.0. The highest BCUT2D eigenvalue weighted by Gasteiger charge is 2.27. The molecule has 2 heterocycles. The van der Waals surface area contributed by atoms with E-state index in [1.54, 1.807) is 6.20 Å². The molecule has 6 heteroatoms. The van der Waals surface area contributed by atoms with E-state index in [-0.39, 0.29) is 17.9 Å². The van der Waals surface area contributed by atoms with Gasteiger partial charge in [0.15, 0.2) is 0 Å². The minimum absolute atomic E-state index is 0.000181. The fourth-order valence-electron chi connectivity index (χ4n) is 4.02. The summed E-state index contributed by atoms with van der Waals surface area (Å²) in [5.41, 5.74) is 1.79. The van der Waals surface area contributed by atoms with Crippen LogP contribution in [0.3, 0.4) is 0 Å². The monoisotopic (exact) mass is 449 g/mol. The number of pyridine rings is 1. The smallest absolute Gasteiger partial charge is 0.224 e. The van der Waals surface area contributed by atoms with Gasteiger partial charge in [-0.2, -0.15) is 0 Å². The van der Waals surface area contributed by atoms with Gasteiger partial charge in [0.2, 0.25) is 5.91 Å². The maximum Gasteiger partial charge on any atom is 0.224 e. The highest BCUT2D eigenvalue weighted by molar-refractivity contribution is 6.30. The number of benzene rings is 2. The first-order valence-corrected chi connectivity index (χ1v) is 11.4. The fourth-order valence-corrected chi connectivity index (χ4v) is 4.14. The van der Waals surface area contributed by atoms with Crippen molar-refractivity contribution in [2.75, 3.05) is 26.2 Å². The van der Waals surface area contributed by atoms with Crippen molar-refractivity contribution >= 4 is 17.5 Å². The maximum absolute atomic E-state index is 13.1. The zero-order valence-corrected chi connectivity index (χ0v) is 18.7. The summed E-state index contributed by atoms with van der Waals surface area (Å²) in [7, 11) is 0. The average Bonchev–Trinajstić information content (AvgIpc) is 2.85. The van der Waals surface area contributed by atoms with E-state index in [1.165, 1.54) is 0 Å². The minimum atomic E-state index is -0.293. The Morgan fingerprint density at radius 2 is 1.75 bits per heavy atom. The second-order valence-electron chi connectivity index (χ2n) is 8.03. The number of aromatic nitrogens is 1. The molecule has 1 aliphatic heterocycles. The van der Waals surface area contributed by atoms with Gasteiger partial charge in [-0.25, -0.2) is 0 Å². The third-order valence-corrected chi connectivity index (χ3v) is 6.10. The van der Waals surface area contributed by atoms with Gasteiger partial charge in [-0.1, -0.05) is 48.0 Å². The number of hydrogen-bond donors (Lipinski definition) is 1. The van der Waals surface area contributed by atoms with Gasteiger partial charge >= 0.3 is 0 Å². The molecule has 2 aromatic carbocycles. The number of carbonyl (C=O) groups is 1. The second kappa shape index (κ2) is 11.1. The standard InChI is InChI=1S/C26H28ClN3O2/c27-22-11-9-20(10-12-22)25(24-8-4-5-15-28-24)29-26(31)21-13-16-30(17-14-21)18-19-32-23-6-2-1-3-7-23/h1-12,15,21,25H,13-14,16-19H2,(H,29,31)/t25-/m0/s1. The Morgan fingerprint density at radius 3 is 2.44 bits per heavy atom. The lowest BCUT2D eigenvalue weighted by Gasteiger charge is -2.32. The molecule has 0 radical (unpaired) electrons. The van der Waals surface area contributed by atoms with Crippen molar-refractivity contribution in [2.45, 2.75) is 18.9 Å². The van der Waals surface area contributed by atoms with E-state index >= 15 is 0 Å². The lowest BCUT2D eigenvalue weighted by Crippen LogP contribution is -2.42. The Bertz CT molecular complexity index is 975. The molecule has 5 nitrogen and oxygen atoms in total. The molecule has 0 spiro atoms. The van der Waals surface area contributed by atoms with Crippen LogP contribution in [-0.4, -0.2) is 42.0 Å². The Balaban J connectivity index is 1.31. The number of amides is 1. The lowest BCUT2D eigenvalue weighted by atomic mass is 9.94. The van der Waals surface area contributed by atoms with E-state index in [0.29, 0.717) is 11.6 Å². The van der Waals surface area contributed by atoms with E-state index in [0.717, 1.165) is 49.5 Å². The maximum atomic E-state index is 13.1. The van der Waals surface area contributed by atoms with Gasteiger partial charge in [-0.15, -0.1) is 0 Å². The molecule has 1 fully saturated rings. The molecule has 0 unspecified atom stereocenters. The van der Waals surface area contributed by atoms with Crippen molar-refractivity contribution in [3.63, 3.8) is 0 Å². The molecule has 1 atom stereocenters. The van der Waals surface area contributed by atoms with Crippen molar-refractivity contribution < 1.29 is 9.53 Å². The van der Waals surface area contributed by atoms with Crippen LogP contribution in [0.2, 0.25) is 5.02 Å². The summed E-state index contributed by atoms with van der Waals surface area (Å²) >= 11 is 6.06. The van der Waals surface area contributed by atoms with E-state index in [2.05, 4.69) is 15.2 Å². The highest BCUT2D eigenvalue weighted by Crippen LogP contribution is 2.24. The second-order valence-corrected chi connectivity index (χ2v) is 8.46. The molecule has 1 N–H and O–H groups in total. The van der Waals surface area contributed by atoms with E-state index in [4.69, 9.17) is 16.3 Å². The normalized spacial score (nSPS) is 15.8. The number of nitrogens with one attached hydrogen (secondary N) is 1. The summed E-state index contributed by atoms with van der Waals surface area (Å²) in [6.45, 7) is 3.31. The van der Waals surface area contributed by atoms with Gasteiger partial charge < -0.3 is 10.1 Å². The number of halogens is 1. The van der Waals surface area contributed by atoms with Gasteiger partial charge in [0.25, 0.3) is 0 Å². The number of rotatable bonds is 8. The van der Waals surface area contributed by atoms with Gasteiger partial charge in [-0.3, -0.25) is 14.7 Å². The van der Waals surface area contributed by atoms with Gasteiger partial charge in [0.1, 0.15) is 12.4 Å². The molecule has 1 aromatic heterocycles. The van der Waals surface area contributed by atoms with Crippen LogP contribution >= 0.6 is 11.6 Å². The third-order valence-electron chi connectivity index (χ3n) is 5.85. The first-order valence-electron chi connectivity index (χ1n) is 11.1. The predicted molar refractivity (Wildman–Crippen MR) is 127 cm³/mol. The Hall–Kier alpha value is -2.89.